The number of aromatic amines is 1. The van der Waals surface area contributed by atoms with E-state index in [-0.39, 0.29) is 6.04 Å². The molecule has 37 heavy (non-hydrogen) atoms. The maximum absolute atomic E-state index is 11.6. The van der Waals surface area contributed by atoms with E-state index in [2.05, 4.69) is 80.8 Å². The number of hydrogen-bond acceptors (Lipinski definition) is 4. The lowest BCUT2D eigenvalue weighted by molar-refractivity contribution is -0.120. The number of ether oxygens (including phenoxy) is 1. The number of fused-ring (bicyclic) bond motifs is 3. The van der Waals surface area contributed by atoms with Gasteiger partial charge in [-0.3, -0.25) is 9.59 Å². The number of carbonyl (C=O) groups is 2. The van der Waals surface area contributed by atoms with Crippen molar-refractivity contribution in [3.63, 3.8) is 0 Å². The van der Waals surface area contributed by atoms with Crippen molar-refractivity contribution in [1.82, 2.24) is 19.7 Å². The van der Waals surface area contributed by atoms with Crippen LogP contribution in [0.15, 0.2) is 46.9 Å². The van der Waals surface area contributed by atoms with E-state index >= 15 is 0 Å². The number of halogens is 1. The summed E-state index contributed by atoms with van der Waals surface area (Å²) in [6.45, 7) is 12.7. The van der Waals surface area contributed by atoms with Gasteiger partial charge in [0.15, 0.2) is 0 Å². The Hall–Kier alpha value is -2.68. The normalized spacial score (nSPS) is 17.3. The highest BCUT2D eigenvalue weighted by atomic mass is 79.9. The van der Waals surface area contributed by atoms with Crippen molar-refractivity contribution in [3.8, 4) is 0 Å². The van der Waals surface area contributed by atoms with Gasteiger partial charge in [0.1, 0.15) is 0 Å². The molecule has 7 nitrogen and oxygen atoms in total. The highest BCUT2D eigenvalue weighted by molar-refractivity contribution is 9.10. The summed E-state index contributed by atoms with van der Waals surface area (Å²) in [4.78, 5) is 31.5. The molecule has 1 unspecified atom stereocenters. The second kappa shape index (κ2) is 14.3. The standard InChI is InChI=1S/C19H17BrN2O.C7H14N2O.C3H8O/c1-12-2-4-13(5-3-12)19-18-15(8-9-22(19)11-23)16-10-14(20)6-7-17(16)21-18;1-2-8-3-5-9(7-10)6-4-8;1-3-4-2/h2-7,10-11,19,21H,8-9H2,1H3;7H,2-6H2,1H3;3H2,1-2H3. The summed E-state index contributed by atoms with van der Waals surface area (Å²) in [6, 6.07) is 14.7. The number of piperazine rings is 1. The fourth-order valence-corrected chi connectivity index (χ4v) is 5.05. The van der Waals surface area contributed by atoms with E-state index in [1.165, 1.54) is 16.5 Å². The molecular formula is C29H39BrN4O3. The molecule has 1 aromatic heterocycles. The monoisotopic (exact) mass is 570 g/mol. The number of rotatable bonds is 5. The van der Waals surface area contributed by atoms with E-state index in [0.29, 0.717) is 0 Å². The first-order valence-electron chi connectivity index (χ1n) is 12.9. The molecule has 2 aromatic carbocycles. The minimum atomic E-state index is -0.0389. The molecular weight excluding hydrogens is 532 g/mol. The lowest BCUT2D eigenvalue weighted by atomic mass is 9.92. The predicted octanol–water partition coefficient (Wildman–Crippen LogP) is 4.78. The summed E-state index contributed by atoms with van der Waals surface area (Å²) in [5.41, 5.74) is 5.96. The molecule has 3 heterocycles. The third-order valence-corrected chi connectivity index (χ3v) is 7.44. The van der Waals surface area contributed by atoms with Crippen LogP contribution in [0.25, 0.3) is 10.9 Å². The van der Waals surface area contributed by atoms with Crippen molar-refractivity contribution >= 4 is 39.7 Å². The number of H-pyrrole nitrogens is 1. The highest BCUT2D eigenvalue weighted by Crippen LogP contribution is 2.38. The molecule has 0 bridgehead atoms. The quantitative estimate of drug-likeness (QED) is 0.448. The van der Waals surface area contributed by atoms with E-state index in [4.69, 9.17) is 0 Å². The zero-order valence-electron chi connectivity index (χ0n) is 22.4. The molecule has 5 rings (SSSR count). The third kappa shape index (κ3) is 7.43. The van der Waals surface area contributed by atoms with Crippen LogP contribution in [0.2, 0.25) is 0 Å². The molecule has 0 saturated carbocycles. The molecule has 1 fully saturated rings. The van der Waals surface area contributed by atoms with Gasteiger partial charge < -0.3 is 24.4 Å². The number of methoxy groups -OCH3 is 1. The van der Waals surface area contributed by atoms with Gasteiger partial charge in [0, 0.05) is 67.5 Å². The minimum Gasteiger partial charge on any atom is -0.385 e. The van der Waals surface area contributed by atoms with Crippen LogP contribution in [-0.4, -0.2) is 85.5 Å². The number of aromatic nitrogens is 1. The van der Waals surface area contributed by atoms with Gasteiger partial charge in [-0.1, -0.05) is 52.7 Å². The summed E-state index contributed by atoms with van der Waals surface area (Å²) in [6.07, 6.45) is 2.79. The average molecular weight is 572 g/mol. The Labute approximate surface area is 228 Å². The largest absolute Gasteiger partial charge is 0.385 e. The van der Waals surface area contributed by atoms with Gasteiger partial charge in [-0.25, -0.2) is 0 Å². The van der Waals surface area contributed by atoms with Crippen molar-refractivity contribution in [2.24, 2.45) is 0 Å². The van der Waals surface area contributed by atoms with Crippen LogP contribution in [-0.2, 0) is 20.7 Å². The fourth-order valence-electron chi connectivity index (χ4n) is 4.68. The first-order valence-corrected chi connectivity index (χ1v) is 13.7. The van der Waals surface area contributed by atoms with Crippen LogP contribution in [0.3, 0.4) is 0 Å². The average Bonchev–Trinajstić information content (AvgIpc) is 3.31. The van der Waals surface area contributed by atoms with Crippen molar-refractivity contribution in [1.29, 1.82) is 0 Å². The fraction of sp³-hybridized carbons (Fsp3) is 0.448. The number of nitrogens with one attached hydrogen (secondary N) is 1. The Morgan fingerprint density at radius 2 is 1.68 bits per heavy atom. The summed E-state index contributed by atoms with van der Waals surface area (Å²) in [5, 5.41) is 1.25. The molecule has 200 valence electrons. The van der Waals surface area contributed by atoms with Crippen molar-refractivity contribution in [3.05, 3.63) is 69.3 Å². The van der Waals surface area contributed by atoms with Crippen LogP contribution in [0, 0.1) is 6.92 Å². The van der Waals surface area contributed by atoms with Crippen molar-refractivity contribution < 1.29 is 14.3 Å². The van der Waals surface area contributed by atoms with Crippen LogP contribution in [0.1, 0.15) is 42.3 Å². The van der Waals surface area contributed by atoms with Gasteiger partial charge >= 0.3 is 0 Å². The first kappa shape index (κ1) is 28.9. The van der Waals surface area contributed by atoms with Gasteiger partial charge in [0.25, 0.3) is 0 Å². The van der Waals surface area contributed by atoms with Crippen LogP contribution >= 0.6 is 15.9 Å². The molecule has 0 radical (unpaired) electrons. The van der Waals surface area contributed by atoms with E-state index < -0.39 is 0 Å². The van der Waals surface area contributed by atoms with Gasteiger partial charge in [0.2, 0.25) is 12.8 Å². The van der Waals surface area contributed by atoms with Crippen molar-refractivity contribution in [2.75, 3.05) is 53.0 Å². The maximum atomic E-state index is 11.6. The van der Waals surface area contributed by atoms with E-state index in [9.17, 15) is 9.59 Å². The summed E-state index contributed by atoms with van der Waals surface area (Å²) >= 11 is 3.56. The van der Waals surface area contributed by atoms with E-state index in [1.54, 1.807) is 7.11 Å². The SMILES string of the molecule is CCN1CCN(C=O)CC1.CCOC.Cc1ccc(C2c3[nH]c4ccc(Br)cc4c3CCN2C=O)cc1. The van der Waals surface area contributed by atoms with E-state index in [1.807, 2.05) is 22.8 Å². The van der Waals surface area contributed by atoms with Crippen molar-refractivity contribution in [2.45, 2.75) is 33.2 Å². The van der Waals surface area contributed by atoms with Crippen LogP contribution < -0.4 is 0 Å². The molecule has 2 aliphatic rings. The number of aryl methyl sites for hydroxylation is 1. The molecule has 0 aliphatic carbocycles. The first-order chi connectivity index (χ1) is 17.9. The second-order valence-electron chi connectivity index (χ2n) is 9.27. The molecule has 1 N–H and O–H groups in total. The highest BCUT2D eigenvalue weighted by Gasteiger charge is 2.30. The van der Waals surface area contributed by atoms with Crippen LogP contribution in [0.5, 0.6) is 0 Å². The predicted molar refractivity (Wildman–Crippen MR) is 153 cm³/mol. The van der Waals surface area contributed by atoms with Gasteiger partial charge in [-0.05, 0) is 56.1 Å². The Morgan fingerprint density at radius 3 is 2.24 bits per heavy atom. The molecule has 1 atom stereocenters. The summed E-state index contributed by atoms with van der Waals surface area (Å²) in [7, 11) is 1.68. The minimum absolute atomic E-state index is 0.0389. The number of likely N-dealkylation sites (N-methyl/N-ethyl adjacent to an activating group) is 1. The molecule has 3 aromatic rings. The number of benzene rings is 2. The molecule has 2 aliphatic heterocycles. The topological polar surface area (TPSA) is 68.9 Å². The maximum Gasteiger partial charge on any atom is 0.210 e. The Morgan fingerprint density at radius 1 is 1.00 bits per heavy atom. The number of amides is 2. The Balaban J connectivity index is 0.000000226. The lowest BCUT2D eigenvalue weighted by Crippen LogP contribution is -2.45. The van der Waals surface area contributed by atoms with Gasteiger partial charge in [-0.15, -0.1) is 0 Å². The van der Waals surface area contributed by atoms with Gasteiger partial charge in [-0.2, -0.15) is 0 Å². The Bertz CT molecular complexity index is 1140. The van der Waals surface area contributed by atoms with Crippen LogP contribution in [0.4, 0.5) is 0 Å². The molecule has 1 saturated heterocycles. The lowest BCUT2D eigenvalue weighted by Gasteiger charge is -2.33. The summed E-state index contributed by atoms with van der Waals surface area (Å²) in [5.74, 6) is 0. The third-order valence-electron chi connectivity index (χ3n) is 6.95. The zero-order valence-corrected chi connectivity index (χ0v) is 24.0. The van der Waals surface area contributed by atoms with Gasteiger partial charge in [0.05, 0.1) is 6.04 Å². The summed E-state index contributed by atoms with van der Waals surface area (Å²) < 4.78 is 5.62. The molecule has 0 spiro atoms. The van der Waals surface area contributed by atoms with E-state index in [0.717, 1.165) is 86.4 Å². The molecule has 8 heteroatoms. The second-order valence-corrected chi connectivity index (χ2v) is 10.2. The number of carbonyl (C=O) groups excluding carboxylic acids is 2. The molecule has 2 amide bonds. The smallest absolute Gasteiger partial charge is 0.210 e. The zero-order chi connectivity index (χ0) is 26.8. The number of hydrogen-bond donors (Lipinski definition) is 1. The number of nitrogens with zero attached hydrogens (tertiary/aromatic N) is 3. The Kier molecular flexibility index (Phi) is 11.2.